The third-order valence-electron chi connectivity index (χ3n) is 4.60. The molecule has 0 unspecified atom stereocenters. The molecule has 0 amide bonds. The number of rotatable bonds is 3. The number of hydrogen-bond acceptors (Lipinski definition) is 3. The van der Waals surface area contributed by atoms with Gasteiger partial charge in [0.1, 0.15) is 5.82 Å². The molecular weight excluding hydrogens is 214 g/mol. The highest BCUT2D eigenvalue weighted by Crippen LogP contribution is 2.44. The lowest BCUT2D eigenvalue weighted by molar-refractivity contribution is -0.0673. The second-order valence-electron chi connectivity index (χ2n) is 5.73. The van der Waals surface area contributed by atoms with Crippen LogP contribution >= 0.6 is 0 Å². The SMILES string of the molecule is C[C@@H]1CN(Cc2ncc[nH]2)C[C@@]1(O)C1CCC1. The molecule has 1 saturated heterocycles. The van der Waals surface area contributed by atoms with Crippen molar-refractivity contribution >= 4 is 0 Å². The van der Waals surface area contributed by atoms with Crippen LogP contribution < -0.4 is 0 Å². The van der Waals surface area contributed by atoms with Crippen LogP contribution in [0.2, 0.25) is 0 Å². The molecule has 3 rings (SSSR count). The van der Waals surface area contributed by atoms with E-state index in [9.17, 15) is 5.11 Å². The van der Waals surface area contributed by atoms with Crippen molar-refractivity contribution in [3.05, 3.63) is 18.2 Å². The number of β-amino-alcohol motifs (C(OH)–C–C–N with tert-alkyl or cyclic N) is 1. The van der Waals surface area contributed by atoms with E-state index in [4.69, 9.17) is 0 Å². The second-order valence-corrected chi connectivity index (χ2v) is 5.73. The Morgan fingerprint density at radius 3 is 3.00 bits per heavy atom. The minimum absolute atomic E-state index is 0.378. The molecule has 1 aliphatic heterocycles. The van der Waals surface area contributed by atoms with Gasteiger partial charge in [-0.05, 0) is 24.7 Å². The topological polar surface area (TPSA) is 52.2 Å². The molecule has 1 aromatic heterocycles. The third kappa shape index (κ3) is 1.89. The lowest BCUT2D eigenvalue weighted by Gasteiger charge is -2.41. The number of aromatic nitrogens is 2. The molecule has 1 saturated carbocycles. The van der Waals surface area contributed by atoms with Gasteiger partial charge in [0, 0.05) is 25.5 Å². The number of aromatic amines is 1. The Morgan fingerprint density at radius 1 is 1.59 bits per heavy atom. The van der Waals surface area contributed by atoms with Gasteiger partial charge in [0.05, 0.1) is 12.1 Å². The molecule has 17 heavy (non-hydrogen) atoms. The Bertz CT molecular complexity index is 374. The monoisotopic (exact) mass is 235 g/mol. The van der Waals surface area contributed by atoms with Crippen molar-refractivity contribution in [3.8, 4) is 0 Å². The summed E-state index contributed by atoms with van der Waals surface area (Å²) in [5, 5.41) is 10.8. The molecule has 2 N–H and O–H groups in total. The van der Waals surface area contributed by atoms with E-state index >= 15 is 0 Å². The number of H-pyrrole nitrogens is 1. The van der Waals surface area contributed by atoms with E-state index in [0.717, 1.165) is 25.5 Å². The van der Waals surface area contributed by atoms with E-state index < -0.39 is 5.60 Å². The van der Waals surface area contributed by atoms with E-state index in [-0.39, 0.29) is 0 Å². The first-order valence-electron chi connectivity index (χ1n) is 6.61. The molecule has 0 bridgehead atoms. The molecule has 0 aromatic carbocycles. The maximum absolute atomic E-state index is 10.8. The average molecular weight is 235 g/mol. The summed E-state index contributed by atoms with van der Waals surface area (Å²) in [7, 11) is 0. The fourth-order valence-electron chi connectivity index (χ4n) is 3.28. The molecule has 0 radical (unpaired) electrons. The van der Waals surface area contributed by atoms with Gasteiger partial charge in [-0.25, -0.2) is 4.98 Å². The molecule has 94 valence electrons. The largest absolute Gasteiger partial charge is 0.388 e. The fraction of sp³-hybridized carbons (Fsp3) is 0.769. The van der Waals surface area contributed by atoms with Gasteiger partial charge in [0.2, 0.25) is 0 Å². The minimum Gasteiger partial charge on any atom is -0.388 e. The van der Waals surface area contributed by atoms with Crippen LogP contribution in [0.1, 0.15) is 32.0 Å². The predicted octanol–water partition coefficient (Wildman–Crippen LogP) is 1.39. The first-order chi connectivity index (χ1) is 8.18. The summed E-state index contributed by atoms with van der Waals surface area (Å²) in [6.45, 7) is 4.79. The van der Waals surface area contributed by atoms with Gasteiger partial charge in [-0.2, -0.15) is 0 Å². The number of imidazole rings is 1. The Morgan fingerprint density at radius 2 is 2.41 bits per heavy atom. The quantitative estimate of drug-likeness (QED) is 0.832. The predicted molar refractivity (Wildman–Crippen MR) is 65.3 cm³/mol. The Kier molecular flexibility index (Phi) is 2.71. The second kappa shape index (κ2) is 4.10. The highest BCUT2D eigenvalue weighted by Gasteiger charge is 2.49. The standard InChI is InChI=1S/C13H21N3O/c1-10-7-16(8-12-14-5-6-15-12)9-13(10,17)11-3-2-4-11/h5-6,10-11,17H,2-4,7-9H2,1H3,(H,14,15)/t10-,13+/m1/s1. The molecular formula is C13H21N3O. The highest BCUT2D eigenvalue weighted by molar-refractivity contribution is 5.03. The van der Waals surface area contributed by atoms with E-state index in [1.54, 1.807) is 6.20 Å². The summed E-state index contributed by atoms with van der Waals surface area (Å²) < 4.78 is 0. The average Bonchev–Trinajstić information content (AvgIpc) is 2.74. The molecule has 4 heteroatoms. The van der Waals surface area contributed by atoms with Crippen LogP contribution in [0.4, 0.5) is 0 Å². The lowest BCUT2D eigenvalue weighted by Crippen LogP contribution is -2.47. The Hall–Kier alpha value is -0.870. The van der Waals surface area contributed by atoms with Crippen LogP contribution in [-0.2, 0) is 6.54 Å². The van der Waals surface area contributed by atoms with Crippen LogP contribution in [0.25, 0.3) is 0 Å². The molecule has 4 nitrogen and oxygen atoms in total. The van der Waals surface area contributed by atoms with Crippen LogP contribution in [0.15, 0.2) is 12.4 Å². The summed E-state index contributed by atoms with van der Waals surface area (Å²) in [5.74, 6) is 1.90. The van der Waals surface area contributed by atoms with E-state index in [2.05, 4.69) is 21.8 Å². The van der Waals surface area contributed by atoms with Gasteiger partial charge in [-0.3, -0.25) is 4.90 Å². The van der Waals surface area contributed by atoms with Crippen LogP contribution in [0.5, 0.6) is 0 Å². The summed E-state index contributed by atoms with van der Waals surface area (Å²) in [6, 6.07) is 0. The normalized spacial score (nSPS) is 35.1. The zero-order valence-electron chi connectivity index (χ0n) is 10.4. The highest BCUT2D eigenvalue weighted by atomic mass is 16.3. The molecule has 1 aliphatic carbocycles. The van der Waals surface area contributed by atoms with E-state index in [1.807, 2.05) is 6.20 Å². The minimum atomic E-state index is -0.454. The zero-order chi connectivity index (χ0) is 11.9. The first-order valence-corrected chi connectivity index (χ1v) is 6.61. The Labute approximate surface area is 102 Å². The zero-order valence-corrected chi connectivity index (χ0v) is 10.4. The third-order valence-corrected chi connectivity index (χ3v) is 4.60. The molecule has 1 aromatic rings. The number of likely N-dealkylation sites (tertiary alicyclic amines) is 1. The van der Waals surface area contributed by atoms with Gasteiger partial charge in [-0.1, -0.05) is 13.3 Å². The smallest absolute Gasteiger partial charge is 0.120 e. The van der Waals surface area contributed by atoms with E-state index in [0.29, 0.717) is 11.8 Å². The summed E-state index contributed by atoms with van der Waals surface area (Å²) in [5.41, 5.74) is -0.454. The van der Waals surface area contributed by atoms with Gasteiger partial charge < -0.3 is 10.1 Å². The summed E-state index contributed by atoms with van der Waals surface area (Å²) >= 11 is 0. The van der Waals surface area contributed by atoms with Crippen molar-refractivity contribution in [2.75, 3.05) is 13.1 Å². The van der Waals surface area contributed by atoms with Gasteiger partial charge >= 0.3 is 0 Å². The molecule has 2 heterocycles. The van der Waals surface area contributed by atoms with Crippen molar-refractivity contribution in [2.45, 2.75) is 38.3 Å². The number of aliphatic hydroxyl groups is 1. The van der Waals surface area contributed by atoms with Crippen LogP contribution in [0, 0.1) is 11.8 Å². The van der Waals surface area contributed by atoms with Gasteiger partial charge in [-0.15, -0.1) is 0 Å². The van der Waals surface area contributed by atoms with Crippen LogP contribution in [-0.4, -0.2) is 38.7 Å². The first kappa shape index (κ1) is 11.2. The van der Waals surface area contributed by atoms with Crippen molar-refractivity contribution in [2.24, 2.45) is 11.8 Å². The van der Waals surface area contributed by atoms with Gasteiger partial charge in [0.25, 0.3) is 0 Å². The molecule has 2 atom stereocenters. The summed E-state index contributed by atoms with van der Waals surface area (Å²) in [4.78, 5) is 9.70. The molecule has 0 spiro atoms. The number of nitrogens with one attached hydrogen (secondary N) is 1. The molecule has 2 fully saturated rings. The molecule has 2 aliphatic rings. The van der Waals surface area contributed by atoms with Gasteiger partial charge in [0.15, 0.2) is 0 Å². The summed E-state index contributed by atoms with van der Waals surface area (Å²) in [6.07, 6.45) is 7.34. The van der Waals surface area contributed by atoms with Crippen LogP contribution in [0.3, 0.4) is 0 Å². The van der Waals surface area contributed by atoms with E-state index in [1.165, 1.54) is 19.3 Å². The Balaban J connectivity index is 1.66. The number of hydrogen-bond donors (Lipinski definition) is 2. The van der Waals surface area contributed by atoms with Crippen molar-refractivity contribution < 1.29 is 5.11 Å². The maximum Gasteiger partial charge on any atom is 0.120 e. The fourth-order valence-corrected chi connectivity index (χ4v) is 3.28. The van der Waals surface area contributed by atoms with Crippen molar-refractivity contribution in [1.82, 2.24) is 14.9 Å². The maximum atomic E-state index is 10.8. The van der Waals surface area contributed by atoms with Crippen molar-refractivity contribution in [1.29, 1.82) is 0 Å². The van der Waals surface area contributed by atoms with Crippen molar-refractivity contribution in [3.63, 3.8) is 0 Å². The lowest BCUT2D eigenvalue weighted by atomic mass is 9.69. The number of nitrogens with zero attached hydrogens (tertiary/aromatic N) is 2.